The summed E-state index contributed by atoms with van der Waals surface area (Å²) in [5.41, 5.74) is 1.13. The summed E-state index contributed by atoms with van der Waals surface area (Å²) in [5, 5.41) is 6.83. The molecule has 5 heteroatoms. The maximum absolute atomic E-state index is 5.65. The van der Waals surface area contributed by atoms with Crippen molar-refractivity contribution in [2.24, 2.45) is 10.9 Å². The summed E-state index contributed by atoms with van der Waals surface area (Å²) in [6.45, 7) is 1.53. The number of aromatic nitrogens is 1. The van der Waals surface area contributed by atoms with E-state index >= 15 is 0 Å². The Morgan fingerprint density at radius 1 is 1.27 bits per heavy atom. The number of nitrogens with zero attached hydrogens (tertiary/aromatic N) is 2. The predicted octanol–water partition coefficient (Wildman–Crippen LogP) is 2.48. The molecule has 0 aliphatic heterocycles. The van der Waals surface area contributed by atoms with Crippen molar-refractivity contribution < 1.29 is 4.74 Å². The Hall–Kier alpha value is -1.78. The molecule has 0 bridgehead atoms. The molecule has 0 unspecified atom stereocenters. The number of guanidine groups is 1. The highest BCUT2D eigenvalue weighted by Crippen LogP contribution is 2.29. The molecule has 2 aliphatic rings. The van der Waals surface area contributed by atoms with Gasteiger partial charge in [-0.2, -0.15) is 0 Å². The monoisotopic (exact) mass is 302 g/mol. The standard InChI is InChI=1S/C17H26N4O/c1-18-17(21-15-4-2-3-5-15)20-11-14-8-9-16(19-10-14)22-12-13-6-7-13/h8-10,13,15H,2-7,11-12H2,1H3,(H2,18,20,21). The molecular formula is C17H26N4O. The molecule has 2 fully saturated rings. The van der Waals surface area contributed by atoms with Crippen LogP contribution in [-0.2, 0) is 6.54 Å². The van der Waals surface area contributed by atoms with Crippen molar-refractivity contribution in [3.8, 4) is 5.88 Å². The number of hydrogen-bond donors (Lipinski definition) is 2. The van der Waals surface area contributed by atoms with Crippen molar-refractivity contribution in [2.75, 3.05) is 13.7 Å². The number of ether oxygens (including phenoxy) is 1. The first-order valence-electron chi connectivity index (χ1n) is 8.38. The fourth-order valence-electron chi connectivity index (χ4n) is 2.73. The van der Waals surface area contributed by atoms with Gasteiger partial charge in [-0.25, -0.2) is 4.98 Å². The molecule has 5 nitrogen and oxygen atoms in total. The average molecular weight is 302 g/mol. The Bertz CT molecular complexity index is 490. The van der Waals surface area contributed by atoms with Gasteiger partial charge < -0.3 is 15.4 Å². The average Bonchev–Trinajstić information content (AvgIpc) is 3.25. The molecule has 0 radical (unpaired) electrons. The zero-order valence-corrected chi connectivity index (χ0v) is 13.3. The summed E-state index contributed by atoms with van der Waals surface area (Å²) < 4.78 is 5.65. The van der Waals surface area contributed by atoms with Crippen LogP contribution in [0.15, 0.2) is 23.3 Å². The van der Waals surface area contributed by atoms with Crippen LogP contribution < -0.4 is 15.4 Å². The Kier molecular flexibility index (Phi) is 5.14. The first kappa shape index (κ1) is 15.1. The van der Waals surface area contributed by atoms with E-state index in [1.165, 1.54) is 38.5 Å². The van der Waals surface area contributed by atoms with Gasteiger partial charge in [-0.15, -0.1) is 0 Å². The van der Waals surface area contributed by atoms with Crippen molar-refractivity contribution in [1.29, 1.82) is 0 Å². The van der Waals surface area contributed by atoms with Gasteiger partial charge in [0.15, 0.2) is 5.96 Å². The zero-order chi connectivity index (χ0) is 15.2. The van der Waals surface area contributed by atoms with Gasteiger partial charge in [0.25, 0.3) is 0 Å². The summed E-state index contributed by atoms with van der Waals surface area (Å²) >= 11 is 0. The first-order valence-corrected chi connectivity index (χ1v) is 8.38. The molecule has 3 rings (SSSR count). The topological polar surface area (TPSA) is 58.5 Å². The van der Waals surface area contributed by atoms with E-state index in [0.717, 1.165) is 36.5 Å². The van der Waals surface area contributed by atoms with Crippen LogP contribution in [-0.4, -0.2) is 30.6 Å². The van der Waals surface area contributed by atoms with E-state index in [-0.39, 0.29) is 0 Å². The van der Waals surface area contributed by atoms with E-state index < -0.39 is 0 Å². The molecule has 2 aliphatic carbocycles. The van der Waals surface area contributed by atoms with Crippen molar-refractivity contribution in [3.63, 3.8) is 0 Å². The van der Waals surface area contributed by atoms with Gasteiger partial charge in [-0.3, -0.25) is 4.99 Å². The molecule has 2 N–H and O–H groups in total. The summed E-state index contributed by atoms with van der Waals surface area (Å²) in [6.07, 6.45) is 9.61. The minimum Gasteiger partial charge on any atom is -0.477 e. The van der Waals surface area contributed by atoms with Gasteiger partial charge in [-0.1, -0.05) is 18.9 Å². The highest BCUT2D eigenvalue weighted by atomic mass is 16.5. The van der Waals surface area contributed by atoms with Gasteiger partial charge in [0.05, 0.1) is 6.61 Å². The van der Waals surface area contributed by atoms with Gasteiger partial charge in [-0.05, 0) is 37.2 Å². The van der Waals surface area contributed by atoms with E-state index in [2.05, 4.69) is 26.7 Å². The maximum atomic E-state index is 5.65. The SMILES string of the molecule is CN=C(NCc1ccc(OCC2CC2)nc1)NC1CCCC1. The normalized spacial score (nSPS) is 19.2. The van der Waals surface area contributed by atoms with Crippen LogP contribution in [0, 0.1) is 5.92 Å². The van der Waals surface area contributed by atoms with E-state index in [1.54, 1.807) is 0 Å². The van der Waals surface area contributed by atoms with Crippen molar-refractivity contribution in [3.05, 3.63) is 23.9 Å². The van der Waals surface area contributed by atoms with Crippen LogP contribution in [0.2, 0.25) is 0 Å². The summed E-state index contributed by atoms with van der Waals surface area (Å²) in [6, 6.07) is 4.58. The summed E-state index contributed by atoms with van der Waals surface area (Å²) in [5.74, 6) is 2.36. The number of nitrogens with one attached hydrogen (secondary N) is 2. The van der Waals surface area contributed by atoms with Crippen LogP contribution in [0.25, 0.3) is 0 Å². The van der Waals surface area contributed by atoms with E-state index in [9.17, 15) is 0 Å². The maximum Gasteiger partial charge on any atom is 0.213 e. The fraction of sp³-hybridized carbons (Fsp3) is 0.647. The Balaban J connectivity index is 1.42. The van der Waals surface area contributed by atoms with Crippen molar-refractivity contribution >= 4 is 5.96 Å². The number of aliphatic imine (C=N–C) groups is 1. The molecule has 0 saturated heterocycles. The number of rotatable bonds is 6. The molecule has 0 amide bonds. The highest BCUT2D eigenvalue weighted by Gasteiger charge is 2.22. The highest BCUT2D eigenvalue weighted by molar-refractivity contribution is 5.79. The molecular weight excluding hydrogens is 276 g/mol. The molecule has 0 spiro atoms. The summed E-state index contributed by atoms with van der Waals surface area (Å²) in [7, 11) is 1.82. The predicted molar refractivity (Wildman–Crippen MR) is 88.0 cm³/mol. The molecule has 1 aromatic rings. The molecule has 1 heterocycles. The lowest BCUT2D eigenvalue weighted by Crippen LogP contribution is -2.41. The molecule has 22 heavy (non-hydrogen) atoms. The lowest BCUT2D eigenvalue weighted by molar-refractivity contribution is 0.288. The second-order valence-corrected chi connectivity index (χ2v) is 6.31. The third-order valence-corrected chi connectivity index (χ3v) is 4.34. The van der Waals surface area contributed by atoms with Crippen LogP contribution in [0.1, 0.15) is 44.1 Å². The van der Waals surface area contributed by atoms with Crippen LogP contribution >= 0.6 is 0 Å². The van der Waals surface area contributed by atoms with Crippen molar-refractivity contribution in [1.82, 2.24) is 15.6 Å². The first-order chi connectivity index (χ1) is 10.8. The van der Waals surface area contributed by atoms with Gasteiger partial charge >= 0.3 is 0 Å². The molecule has 0 atom stereocenters. The van der Waals surface area contributed by atoms with Gasteiger partial charge in [0.2, 0.25) is 5.88 Å². The van der Waals surface area contributed by atoms with E-state index in [1.807, 2.05) is 19.3 Å². The van der Waals surface area contributed by atoms with E-state index in [0.29, 0.717) is 6.04 Å². The third kappa shape index (κ3) is 4.61. The lowest BCUT2D eigenvalue weighted by Gasteiger charge is -2.16. The second-order valence-electron chi connectivity index (χ2n) is 6.31. The molecule has 1 aromatic heterocycles. The Morgan fingerprint density at radius 3 is 2.73 bits per heavy atom. The minimum absolute atomic E-state index is 0.572. The lowest BCUT2D eigenvalue weighted by atomic mass is 10.2. The molecule has 2 saturated carbocycles. The minimum atomic E-state index is 0.572. The third-order valence-electron chi connectivity index (χ3n) is 4.34. The zero-order valence-electron chi connectivity index (χ0n) is 13.3. The quantitative estimate of drug-likeness (QED) is 0.626. The second kappa shape index (κ2) is 7.47. The van der Waals surface area contributed by atoms with Crippen LogP contribution in [0.3, 0.4) is 0 Å². The van der Waals surface area contributed by atoms with Crippen LogP contribution in [0.5, 0.6) is 5.88 Å². The van der Waals surface area contributed by atoms with Gasteiger partial charge in [0.1, 0.15) is 0 Å². The largest absolute Gasteiger partial charge is 0.477 e. The summed E-state index contributed by atoms with van der Waals surface area (Å²) in [4.78, 5) is 8.65. The van der Waals surface area contributed by atoms with E-state index in [4.69, 9.17) is 4.74 Å². The smallest absolute Gasteiger partial charge is 0.213 e. The Labute approximate surface area is 132 Å². The Morgan fingerprint density at radius 2 is 2.09 bits per heavy atom. The van der Waals surface area contributed by atoms with Crippen LogP contribution in [0.4, 0.5) is 0 Å². The van der Waals surface area contributed by atoms with Gasteiger partial charge in [0, 0.05) is 31.9 Å². The van der Waals surface area contributed by atoms with Crippen molar-refractivity contribution in [2.45, 2.75) is 51.1 Å². The molecule has 0 aromatic carbocycles. The molecule has 120 valence electrons. The number of pyridine rings is 1. The number of hydrogen-bond acceptors (Lipinski definition) is 3. The fourth-order valence-corrected chi connectivity index (χ4v) is 2.73.